The van der Waals surface area contributed by atoms with Crippen LogP contribution in [0.4, 0.5) is 0 Å². The van der Waals surface area contributed by atoms with Crippen molar-refractivity contribution in [3.63, 3.8) is 0 Å². The van der Waals surface area contributed by atoms with E-state index in [1.807, 2.05) is 0 Å². The molecule has 4 nitrogen and oxygen atoms in total. The highest BCUT2D eigenvalue weighted by Gasteiger charge is 2.47. The fourth-order valence-corrected chi connectivity index (χ4v) is 5.23. The molecule has 2 aliphatic carbocycles. The van der Waals surface area contributed by atoms with Crippen LogP contribution in [0.3, 0.4) is 0 Å². The average Bonchev–Trinajstić information content (AvgIpc) is 2.92. The van der Waals surface area contributed by atoms with Gasteiger partial charge in [0.1, 0.15) is 0 Å². The SMILES string of the molecule is CCNC1(C(N)=O)CCC(N2CCC[C@H]3CCCC[C@H]32)C1. The van der Waals surface area contributed by atoms with E-state index in [4.69, 9.17) is 5.73 Å². The van der Waals surface area contributed by atoms with Crippen molar-refractivity contribution in [1.29, 1.82) is 0 Å². The number of piperidine rings is 1. The Kier molecular flexibility index (Phi) is 4.55. The van der Waals surface area contributed by atoms with E-state index in [-0.39, 0.29) is 5.91 Å². The van der Waals surface area contributed by atoms with Gasteiger partial charge in [-0.3, -0.25) is 9.69 Å². The van der Waals surface area contributed by atoms with Crippen LogP contribution in [0.2, 0.25) is 0 Å². The summed E-state index contributed by atoms with van der Waals surface area (Å²) in [5.41, 5.74) is 5.28. The molecule has 21 heavy (non-hydrogen) atoms. The van der Waals surface area contributed by atoms with Gasteiger partial charge in [-0.25, -0.2) is 0 Å². The van der Waals surface area contributed by atoms with E-state index in [9.17, 15) is 4.79 Å². The van der Waals surface area contributed by atoms with Crippen molar-refractivity contribution in [2.75, 3.05) is 13.1 Å². The predicted octanol–water partition coefficient (Wildman–Crippen LogP) is 2.03. The van der Waals surface area contributed by atoms with Crippen molar-refractivity contribution in [3.8, 4) is 0 Å². The molecule has 3 N–H and O–H groups in total. The van der Waals surface area contributed by atoms with Crippen molar-refractivity contribution >= 4 is 5.91 Å². The van der Waals surface area contributed by atoms with E-state index in [2.05, 4.69) is 17.1 Å². The number of nitrogens with one attached hydrogen (secondary N) is 1. The smallest absolute Gasteiger partial charge is 0.237 e. The van der Waals surface area contributed by atoms with Crippen LogP contribution >= 0.6 is 0 Å². The molecular weight excluding hydrogens is 262 g/mol. The van der Waals surface area contributed by atoms with Crippen molar-refractivity contribution in [2.24, 2.45) is 11.7 Å². The minimum Gasteiger partial charge on any atom is -0.368 e. The molecule has 3 aliphatic rings. The third-order valence-electron chi connectivity index (χ3n) is 6.23. The van der Waals surface area contributed by atoms with Gasteiger partial charge in [-0.2, -0.15) is 0 Å². The highest BCUT2D eigenvalue weighted by molar-refractivity contribution is 5.85. The molecule has 1 saturated heterocycles. The molecule has 4 atom stereocenters. The van der Waals surface area contributed by atoms with Gasteiger partial charge < -0.3 is 11.1 Å². The van der Waals surface area contributed by atoms with E-state index in [1.54, 1.807) is 0 Å². The van der Waals surface area contributed by atoms with E-state index >= 15 is 0 Å². The summed E-state index contributed by atoms with van der Waals surface area (Å²) >= 11 is 0. The third-order valence-corrected chi connectivity index (χ3v) is 6.23. The molecular formula is C17H31N3O. The molecule has 4 heteroatoms. The lowest BCUT2D eigenvalue weighted by Crippen LogP contribution is -2.56. The minimum atomic E-state index is -0.443. The van der Waals surface area contributed by atoms with Crippen LogP contribution in [0, 0.1) is 5.92 Å². The largest absolute Gasteiger partial charge is 0.368 e. The second-order valence-corrected chi connectivity index (χ2v) is 7.37. The second-order valence-electron chi connectivity index (χ2n) is 7.37. The van der Waals surface area contributed by atoms with Crippen LogP contribution in [0.15, 0.2) is 0 Å². The molecule has 0 radical (unpaired) electrons. The topological polar surface area (TPSA) is 58.4 Å². The lowest BCUT2D eigenvalue weighted by Gasteiger charge is -2.47. The number of hydrogen-bond acceptors (Lipinski definition) is 3. The summed E-state index contributed by atoms with van der Waals surface area (Å²) in [5.74, 6) is 0.763. The molecule has 1 heterocycles. The Hall–Kier alpha value is -0.610. The summed E-state index contributed by atoms with van der Waals surface area (Å²) in [6.07, 6.45) is 11.3. The normalized spacial score (nSPS) is 40.9. The monoisotopic (exact) mass is 293 g/mol. The third kappa shape index (κ3) is 2.85. The number of amides is 1. The summed E-state index contributed by atoms with van der Waals surface area (Å²) in [5, 5.41) is 3.40. The number of rotatable bonds is 4. The fraction of sp³-hybridized carbons (Fsp3) is 0.941. The van der Waals surface area contributed by atoms with Gasteiger partial charge in [0.05, 0.1) is 5.54 Å². The van der Waals surface area contributed by atoms with Gasteiger partial charge in [-0.1, -0.05) is 19.8 Å². The Morgan fingerprint density at radius 1 is 1.24 bits per heavy atom. The number of nitrogens with zero attached hydrogens (tertiary/aromatic N) is 1. The number of likely N-dealkylation sites (tertiary alicyclic amines) is 1. The summed E-state index contributed by atoms with van der Waals surface area (Å²) < 4.78 is 0. The number of likely N-dealkylation sites (N-methyl/N-ethyl adjacent to an activating group) is 1. The molecule has 0 bridgehead atoms. The van der Waals surface area contributed by atoms with Crippen LogP contribution in [-0.4, -0.2) is 41.5 Å². The van der Waals surface area contributed by atoms with Crippen LogP contribution in [0.5, 0.6) is 0 Å². The van der Waals surface area contributed by atoms with Crippen molar-refractivity contribution < 1.29 is 4.79 Å². The van der Waals surface area contributed by atoms with E-state index in [0.29, 0.717) is 6.04 Å². The highest BCUT2D eigenvalue weighted by atomic mass is 16.1. The minimum absolute atomic E-state index is 0.149. The fourth-order valence-electron chi connectivity index (χ4n) is 5.23. The number of carbonyl (C=O) groups excluding carboxylic acids is 1. The molecule has 0 spiro atoms. The van der Waals surface area contributed by atoms with Gasteiger partial charge in [0.2, 0.25) is 5.91 Å². The zero-order valence-electron chi connectivity index (χ0n) is 13.4. The maximum Gasteiger partial charge on any atom is 0.237 e. The molecule has 3 fully saturated rings. The molecule has 120 valence electrons. The van der Waals surface area contributed by atoms with Crippen LogP contribution in [0.1, 0.15) is 64.7 Å². The van der Waals surface area contributed by atoms with Gasteiger partial charge in [0.25, 0.3) is 0 Å². The number of primary amides is 1. The summed E-state index contributed by atoms with van der Waals surface area (Å²) in [4.78, 5) is 14.7. The predicted molar refractivity (Wildman–Crippen MR) is 84.9 cm³/mol. The van der Waals surface area contributed by atoms with Crippen LogP contribution in [0.25, 0.3) is 0 Å². The first-order valence-electron chi connectivity index (χ1n) is 8.97. The Bertz CT molecular complexity index is 384. The van der Waals surface area contributed by atoms with Gasteiger partial charge in [0.15, 0.2) is 0 Å². The lowest BCUT2D eigenvalue weighted by atomic mass is 9.77. The van der Waals surface area contributed by atoms with Crippen molar-refractivity contribution in [2.45, 2.75) is 82.3 Å². The van der Waals surface area contributed by atoms with Crippen molar-refractivity contribution in [1.82, 2.24) is 10.2 Å². The van der Waals surface area contributed by atoms with E-state index in [0.717, 1.165) is 37.8 Å². The molecule has 2 unspecified atom stereocenters. The summed E-state index contributed by atoms with van der Waals surface area (Å²) in [7, 11) is 0. The summed E-state index contributed by atoms with van der Waals surface area (Å²) in [6, 6.07) is 1.34. The zero-order chi connectivity index (χ0) is 14.9. The number of carbonyl (C=O) groups is 1. The molecule has 0 aromatic heterocycles. The maximum atomic E-state index is 12.0. The lowest BCUT2D eigenvalue weighted by molar-refractivity contribution is -0.124. The first-order valence-corrected chi connectivity index (χ1v) is 8.97. The highest BCUT2D eigenvalue weighted by Crippen LogP contribution is 2.41. The van der Waals surface area contributed by atoms with Crippen LogP contribution in [-0.2, 0) is 4.79 Å². The molecule has 1 aliphatic heterocycles. The molecule has 1 amide bonds. The quantitative estimate of drug-likeness (QED) is 0.834. The Labute approximate surface area is 128 Å². The average molecular weight is 293 g/mol. The van der Waals surface area contributed by atoms with Gasteiger partial charge in [-0.05, 0) is 64.0 Å². The molecule has 3 rings (SSSR count). The zero-order valence-corrected chi connectivity index (χ0v) is 13.4. The molecule has 0 aromatic carbocycles. The van der Waals surface area contributed by atoms with Gasteiger partial charge in [0, 0.05) is 12.1 Å². The number of hydrogen-bond donors (Lipinski definition) is 2. The van der Waals surface area contributed by atoms with E-state index < -0.39 is 5.54 Å². The van der Waals surface area contributed by atoms with Gasteiger partial charge >= 0.3 is 0 Å². The first kappa shape index (κ1) is 15.3. The number of nitrogens with two attached hydrogens (primary N) is 1. The Morgan fingerprint density at radius 2 is 2.00 bits per heavy atom. The summed E-state index contributed by atoms with van der Waals surface area (Å²) in [6.45, 7) is 4.12. The second kappa shape index (κ2) is 6.25. The van der Waals surface area contributed by atoms with Crippen molar-refractivity contribution in [3.05, 3.63) is 0 Å². The number of fused-ring (bicyclic) bond motifs is 1. The van der Waals surface area contributed by atoms with E-state index in [1.165, 1.54) is 45.1 Å². The van der Waals surface area contributed by atoms with Crippen LogP contribution < -0.4 is 11.1 Å². The Morgan fingerprint density at radius 3 is 2.76 bits per heavy atom. The Balaban J connectivity index is 1.71. The molecule has 2 saturated carbocycles. The maximum absolute atomic E-state index is 12.0. The first-order chi connectivity index (χ1) is 10.2. The standard InChI is InChI=1S/C17H31N3O/c1-2-19-17(16(18)21)10-9-14(12-17)20-11-5-7-13-6-3-4-8-15(13)20/h13-15,19H,2-12H2,1H3,(H2,18,21)/t13-,14?,15-,17?/m1/s1. The molecule has 0 aromatic rings. The van der Waals surface area contributed by atoms with Gasteiger partial charge in [-0.15, -0.1) is 0 Å².